The van der Waals surface area contributed by atoms with Gasteiger partial charge in [0.1, 0.15) is 10.8 Å². The Morgan fingerprint density at radius 3 is 2.71 bits per heavy atom. The third-order valence-electron chi connectivity index (χ3n) is 2.20. The predicted molar refractivity (Wildman–Crippen MR) is 62.7 cm³/mol. The molecule has 0 saturated heterocycles. The van der Waals surface area contributed by atoms with Crippen molar-refractivity contribution in [3.05, 3.63) is 51.7 Å². The molecular weight excluding hydrogens is 241 g/mol. The highest BCUT2D eigenvalue weighted by Gasteiger charge is 2.06. The Bertz CT molecular complexity index is 522. The number of carbonyl (C=O) groups is 1. The maximum Gasteiger partial charge on any atom is 0.310 e. The first kappa shape index (κ1) is 11.7. The van der Waals surface area contributed by atoms with E-state index in [1.165, 1.54) is 23.5 Å². The average molecular weight is 251 g/mol. The van der Waals surface area contributed by atoms with E-state index in [9.17, 15) is 9.18 Å². The molecular formula is C12H10FNO2S. The van der Waals surface area contributed by atoms with Crippen LogP contribution in [0.4, 0.5) is 4.39 Å². The summed E-state index contributed by atoms with van der Waals surface area (Å²) in [4.78, 5) is 14.7. The number of carboxylic acid groups (broad SMARTS) is 1. The Morgan fingerprint density at radius 2 is 2.06 bits per heavy atom. The minimum Gasteiger partial charge on any atom is -0.481 e. The number of thiazole rings is 1. The van der Waals surface area contributed by atoms with Crippen LogP contribution in [0.5, 0.6) is 0 Å². The fourth-order valence-electron chi connectivity index (χ4n) is 1.45. The summed E-state index contributed by atoms with van der Waals surface area (Å²) in [6, 6.07) is 6.21. The summed E-state index contributed by atoms with van der Waals surface area (Å²) < 4.78 is 12.7. The number of hydrogen-bond acceptors (Lipinski definition) is 3. The lowest BCUT2D eigenvalue weighted by molar-refractivity contribution is -0.136. The van der Waals surface area contributed by atoms with Crippen LogP contribution in [0.15, 0.2) is 29.6 Å². The summed E-state index contributed by atoms with van der Waals surface area (Å²) in [5.74, 6) is -1.15. The molecule has 0 spiro atoms. The molecule has 17 heavy (non-hydrogen) atoms. The fraction of sp³-hybridized carbons (Fsp3) is 0.167. The maximum absolute atomic E-state index is 12.7. The molecule has 0 fully saturated rings. The average Bonchev–Trinajstić information content (AvgIpc) is 2.68. The Morgan fingerprint density at radius 1 is 1.35 bits per heavy atom. The largest absolute Gasteiger partial charge is 0.481 e. The van der Waals surface area contributed by atoms with Gasteiger partial charge in [-0.1, -0.05) is 12.1 Å². The Hall–Kier alpha value is -1.75. The molecule has 0 atom stereocenters. The zero-order valence-corrected chi connectivity index (χ0v) is 9.71. The smallest absolute Gasteiger partial charge is 0.310 e. The first-order chi connectivity index (χ1) is 8.13. The summed E-state index contributed by atoms with van der Waals surface area (Å²) in [7, 11) is 0. The molecule has 3 nitrogen and oxygen atoms in total. The second-order valence-electron chi connectivity index (χ2n) is 3.61. The number of aliphatic carboxylic acids is 1. The third-order valence-corrected chi connectivity index (χ3v) is 3.10. The van der Waals surface area contributed by atoms with Crippen molar-refractivity contribution in [1.29, 1.82) is 0 Å². The zero-order chi connectivity index (χ0) is 12.3. The third kappa shape index (κ3) is 3.35. The lowest BCUT2D eigenvalue weighted by Crippen LogP contribution is -1.99. The van der Waals surface area contributed by atoms with E-state index in [2.05, 4.69) is 4.98 Å². The molecule has 1 heterocycles. The molecule has 2 aromatic rings. The van der Waals surface area contributed by atoms with Gasteiger partial charge < -0.3 is 5.11 Å². The standard InChI is InChI=1S/C12H10FNO2S/c13-9-3-1-8(2-4-9)5-10-7-17-11(14-10)6-12(15)16/h1-4,7H,5-6H2,(H,15,16). The highest BCUT2D eigenvalue weighted by molar-refractivity contribution is 7.09. The molecule has 5 heteroatoms. The molecule has 1 aromatic carbocycles. The minimum absolute atomic E-state index is 0.0475. The Labute approximate surface area is 102 Å². The van der Waals surface area contributed by atoms with Gasteiger partial charge in [-0.2, -0.15) is 0 Å². The van der Waals surface area contributed by atoms with Crippen molar-refractivity contribution >= 4 is 17.3 Å². The minimum atomic E-state index is -0.882. The van der Waals surface area contributed by atoms with Gasteiger partial charge in [0.05, 0.1) is 12.1 Å². The maximum atomic E-state index is 12.7. The summed E-state index contributed by atoms with van der Waals surface area (Å²) in [5.41, 5.74) is 1.77. The molecule has 0 aliphatic rings. The van der Waals surface area contributed by atoms with Crippen LogP contribution in [-0.4, -0.2) is 16.1 Å². The van der Waals surface area contributed by atoms with E-state index in [4.69, 9.17) is 5.11 Å². The van der Waals surface area contributed by atoms with Crippen molar-refractivity contribution in [1.82, 2.24) is 4.98 Å². The van der Waals surface area contributed by atoms with Crippen LogP contribution in [-0.2, 0) is 17.6 Å². The van der Waals surface area contributed by atoms with Crippen molar-refractivity contribution in [2.24, 2.45) is 0 Å². The van der Waals surface area contributed by atoms with E-state index in [0.29, 0.717) is 11.4 Å². The number of aromatic nitrogens is 1. The van der Waals surface area contributed by atoms with Gasteiger partial charge in [-0.3, -0.25) is 4.79 Å². The molecule has 0 saturated carbocycles. The lowest BCUT2D eigenvalue weighted by atomic mass is 10.1. The van der Waals surface area contributed by atoms with Crippen LogP contribution >= 0.6 is 11.3 Å². The van der Waals surface area contributed by atoms with Crippen molar-refractivity contribution < 1.29 is 14.3 Å². The van der Waals surface area contributed by atoms with Crippen LogP contribution in [0, 0.1) is 5.82 Å². The van der Waals surface area contributed by atoms with E-state index < -0.39 is 5.97 Å². The number of benzene rings is 1. The summed E-state index contributed by atoms with van der Waals surface area (Å²) in [6.07, 6.45) is 0.546. The van der Waals surface area contributed by atoms with E-state index in [1.807, 2.05) is 5.38 Å². The van der Waals surface area contributed by atoms with Gasteiger partial charge in [0, 0.05) is 11.8 Å². The molecule has 1 aromatic heterocycles. The van der Waals surface area contributed by atoms with Crippen LogP contribution < -0.4 is 0 Å². The van der Waals surface area contributed by atoms with Crippen molar-refractivity contribution in [2.45, 2.75) is 12.8 Å². The van der Waals surface area contributed by atoms with E-state index in [-0.39, 0.29) is 12.2 Å². The SMILES string of the molecule is O=C(O)Cc1nc(Cc2ccc(F)cc2)cs1. The predicted octanol–water partition coefficient (Wildman–Crippen LogP) is 2.50. The van der Waals surface area contributed by atoms with Crippen molar-refractivity contribution in [3.8, 4) is 0 Å². The highest BCUT2D eigenvalue weighted by Crippen LogP contribution is 2.14. The molecule has 0 amide bonds. The number of rotatable bonds is 4. The zero-order valence-electron chi connectivity index (χ0n) is 8.89. The number of nitrogens with zero attached hydrogens (tertiary/aromatic N) is 1. The number of halogens is 1. The summed E-state index contributed by atoms with van der Waals surface area (Å²) in [5, 5.41) is 11.0. The highest BCUT2D eigenvalue weighted by atomic mass is 32.1. The van der Waals surface area contributed by atoms with Crippen molar-refractivity contribution in [3.63, 3.8) is 0 Å². The quantitative estimate of drug-likeness (QED) is 0.908. The van der Waals surface area contributed by atoms with Crippen LogP contribution in [0.1, 0.15) is 16.3 Å². The van der Waals surface area contributed by atoms with E-state index in [0.717, 1.165) is 11.3 Å². The van der Waals surface area contributed by atoms with E-state index >= 15 is 0 Å². The topological polar surface area (TPSA) is 50.2 Å². The second-order valence-corrected chi connectivity index (χ2v) is 4.55. The monoisotopic (exact) mass is 251 g/mol. The van der Waals surface area contributed by atoms with Gasteiger partial charge in [0.15, 0.2) is 0 Å². The summed E-state index contributed by atoms with van der Waals surface area (Å²) in [6.45, 7) is 0. The molecule has 88 valence electrons. The van der Waals surface area contributed by atoms with Gasteiger partial charge in [-0.15, -0.1) is 11.3 Å². The van der Waals surface area contributed by atoms with E-state index in [1.54, 1.807) is 12.1 Å². The first-order valence-corrected chi connectivity index (χ1v) is 5.91. The lowest BCUT2D eigenvalue weighted by Gasteiger charge is -1.97. The van der Waals surface area contributed by atoms with Crippen molar-refractivity contribution in [2.75, 3.05) is 0 Å². The molecule has 2 rings (SSSR count). The number of hydrogen-bond donors (Lipinski definition) is 1. The normalized spacial score (nSPS) is 10.4. The van der Waals surface area contributed by atoms with Gasteiger partial charge in [-0.25, -0.2) is 9.37 Å². The fourth-order valence-corrected chi connectivity index (χ4v) is 2.24. The van der Waals surface area contributed by atoms with Crippen LogP contribution in [0.2, 0.25) is 0 Å². The molecule has 0 unspecified atom stereocenters. The van der Waals surface area contributed by atoms with Crippen LogP contribution in [0.3, 0.4) is 0 Å². The first-order valence-electron chi connectivity index (χ1n) is 5.03. The second kappa shape index (κ2) is 5.05. The van der Waals surface area contributed by atoms with Gasteiger partial charge >= 0.3 is 5.97 Å². The Kier molecular flexibility index (Phi) is 3.49. The van der Waals surface area contributed by atoms with Gasteiger partial charge in [0.2, 0.25) is 0 Å². The van der Waals surface area contributed by atoms with Gasteiger partial charge in [0.25, 0.3) is 0 Å². The molecule has 0 aliphatic carbocycles. The van der Waals surface area contributed by atoms with Crippen LogP contribution in [0.25, 0.3) is 0 Å². The van der Waals surface area contributed by atoms with Gasteiger partial charge in [-0.05, 0) is 17.7 Å². The number of carboxylic acids is 1. The summed E-state index contributed by atoms with van der Waals surface area (Å²) >= 11 is 1.33. The molecule has 1 N–H and O–H groups in total. The molecule has 0 aliphatic heterocycles. The molecule has 0 radical (unpaired) electrons. The Balaban J connectivity index is 2.06. The molecule has 0 bridgehead atoms.